The molecule has 22 heavy (non-hydrogen) atoms. The lowest BCUT2D eigenvalue weighted by atomic mass is 9.94. The first-order chi connectivity index (χ1) is 10.7. The van der Waals surface area contributed by atoms with Crippen LogP contribution in [0.5, 0.6) is 0 Å². The van der Waals surface area contributed by atoms with Gasteiger partial charge >= 0.3 is 5.97 Å². The zero-order valence-corrected chi connectivity index (χ0v) is 13.1. The summed E-state index contributed by atoms with van der Waals surface area (Å²) in [6.07, 6.45) is 1.31. The van der Waals surface area contributed by atoms with Crippen molar-refractivity contribution >= 4 is 23.2 Å². The number of piperidine rings is 1. The zero-order chi connectivity index (χ0) is 15.5. The number of nitrogens with zero attached hydrogens (tertiary/aromatic N) is 2. The fraction of sp³-hybridized carbons (Fsp3) is 0.600. The van der Waals surface area contributed by atoms with Crippen molar-refractivity contribution in [2.24, 2.45) is 0 Å². The topological polar surface area (TPSA) is 70.1 Å². The number of carboxylic acids is 1. The van der Waals surface area contributed by atoms with Gasteiger partial charge in [0.15, 0.2) is 0 Å². The molecule has 3 heterocycles. The normalized spacial score (nSPS) is 26.8. The van der Waals surface area contributed by atoms with Gasteiger partial charge in [-0.2, -0.15) is 11.3 Å². The molecule has 0 radical (unpaired) electrons. The number of morpholine rings is 1. The summed E-state index contributed by atoms with van der Waals surface area (Å²) >= 11 is 1.45. The van der Waals surface area contributed by atoms with E-state index in [0.717, 1.165) is 19.5 Å². The quantitative estimate of drug-likeness (QED) is 0.903. The van der Waals surface area contributed by atoms with E-state index in [1.54, 1.807) is 11.4 Å². The maximum absolute atomic E-state index is 12.5. The van der Waals surface area contributed by atoms with Gasteiger partial charge in [-0.15, -0.1) is 0 Å². The molecule has 1 aromatic heterocycles. The van der Waals surface area contributed by atoms with Gasteiger partial charge in [0.05, 0.1) is 18.8 Å². The molecular weight excluding hydrogens is 304 g/mol. The van der Waals surface area contributed by atoms with Crippen LogP contribution >= 0.6 is 11.3 Å². The van der Waals surface area contributed by atoms with Gasteiger partial charge in [-0.05, 0) is 24.3 Å². The Morgan fingerprint density at radius 1 is 1.27 bits per heavy atom. The van der Waals surface area contributed by atoms with Gasteiger partial charge in [0, 0.05) is 31.1 Å². The van der Waals surface area contributed by atoms with E-state index in [0.29, 0.717) is 31.7 Å². The second kappa shape index (κ2) is 6.76. The molecule has 0 aliphatic carbocycles. The predicted octanol–water partition coefficient (Wildman–Crippen LogP) is 1.14. The molecular formula is C15H20N2O4S. The standard InChI is InChI=1S/C15H20N2O4S/c18-14(11-2-8-22-10-11)17-3-1-12(9-13(17)15(19)20)16-4-6-21-7-5-16/h2,8,10,12-13H,1,3-7,9H2,(H,19,20)/t12-,13+/m1/s1. The van der Waals surface area contributed by atoms with Crippen LogP contribution in [0.4, 0.5) is 0 Å². The van der Waals surface area contributed by atoms with E-state index >= 15 is 0 Å². The summed E-state index contributed by atoms with van der Waals surface area (Å²) in [5.74, 6) is -1.09. The van der Waals surface area contributed by atoms with Crippen LogP contribution in [-0.2, 0) is 9.53 Å². The van der Waals surface area contributed by atoms with Crippen molar-refractivity contribution in [2.75, 3.05) is 32.8 Å². The van der Waals surface area contributed by atoms with Crippen molar-refractivity contribution in [3.63, 3.8) is 0 Å². The van der Waals surface area contributed by atoms with Gasteiger partial charge in [0.2, 0.25) is 0 Å². The highest BCUT2D eigenvalue weighted by Gasteiger charge is 2.38. The molecule has 0 unspecified atom stereocenters. The van der Waals surface area contributed by atoms with Crippen molar-refractivity contribution in [1.82, 2.24) is 9.80 Å². The van der Waals surface area contributed by atoms with Crippen LogP contribution in [-0.4, -0.2) is 71.7 Å². The first-order valence-electron chi connectivity index (χ1n) is 7.54. The average molecular weight is 324 g/mol. The molecule has 2 saturated heterocycles. The minimum absolute atomic E-state index is 0.172. The number of aliphatic carboxylic acids is 1. The largest absolute Gasteiger partial charge is 0.480 e. The second-order valence-corrected chi connectivity index (χ2v) is 6.47. The lowest BCUT2D eigenvalue weighted by Gasteiger charge is -2.42. The lowest BCUT2D eigenvalue weighted by molar-refractivity contribution is -0.144. The van der Waals surface area contributed by atoms with Crippen molar-refractivity contribution < 1.29 is 19.4 Å². The Bertz CT molecular complexity index is 528. The third-order valence-electron chi connectivity index (χ3n) is 4.45. The summed E-state index contributed by atoms with van der Waals surface area (Å²) in [5.41, 5.74) is 0.584. The molecule has 1 aromatic rings. The molecule has 1 amide bonds. The third kappa shape index (κ3) is 3.16. The number of amides is 1. The number of hydrogen-bond acceptors (Lipinski definition) is 5. The molecule has 3 rings (SSSR count). The minimum atomic E-state index is -0.915. The maximum atomic E-state index is 12.5. The van der Waals surface area contributed by atoms with E-state index in [9.17, 15) is 14.7 Å². The van der Waals surface area contributed by atoms with Gasteiger partial charge < -0.3 is 14.7 Å². The monoisotopic (exact) mass is 324 g/mol. The predicted molar refractivity (Wildman–Crippen MR) is 82.2 cm³/mol. The highest BCUT2D eigenvalue weighted by molar-refractivity contribution is 7.08. The Labute approximate surface area is 133 Å². The molecule has 1 N–H and O–H groups in total. The number of ether oxygens (including phenoxy) is 1. The van der Waals surface area contributed by atoms with Gasteiger partial charge in [0.1, 0.15) is 6.04 Å². The Hall–Kier alpha value is -1.44. The Morgan fingerprint density at radius 2 is 2.05 bits per heavy atom. The van der Waals surface area contributed by atoms with E-state index < -0.39 is 12.0 Å². The molecule has 0 saturated carbocycles. The maximum Gasteiger partial charge on any atom is 0.326 e. The van der Waals surface area contributed by atoms with Crippen LogP contribution in [0.2, 0.25) is 0 Å². The molecule has 120 valence electrons. The molecule has 6 nitrogen and oxygen atoms in total. The molecule has 2 aliphatic heterocycles. The van der Waals surface area contributed by atoms with Gasteiger partial charge in [0.25, 0.3) is 5.91 Å². The molecule has 0 bridgehead atoms. The van der Waals surface area contributed by atoms with Crippen LogP contribution in [0.3, 0.4) is 0 Å². The highest BCUT2D eigenvalue weighted by Crippen LogP contribution is 2.25. The average Bonchev–Trinajstić information content (AvgIpc) is 3.09. The van der Waals surface area contributed by atoms with Crippen LogP contribution < -0.4 is 0 Å². The number of likely N-dealkylation sites (tertiary alicyclic amines) is 1. The molecule has 0 aromatic carbocycles. The molecule has 7 heteroatoms. The van der Waals surface area contributed by atoms with Crippen LogP contribution in [0.1, 0.15) is 23.2 Å². The molecule has 2 aliphatic rings. The fourth-order valence-corrected chi connectivity index (χ4v) is 3.88. The van der Waals surface area contributed by atoms with Crippen molar-refractivity contribution in [3.8, 4) is 0 Å². The first-order valence-corrected chi connectivity index (χ1v) is 8.49. The van der Waals surface area contributed by atoms with Crippen LogP contribution in [0.15, 0.2) is 16.8 Å². The van der Waals surface area contributed by atoms with E-state index in [1.807, 2.05) is 5.38 Å². The minimum Gasteiger partial charge on any atom is -0.480 e. The molecule has 2 atom stereocenters. The van der Waals surface area contributed by atoms with E-state index in [-0.39, 0.29) is 11.9 Å². The van der Waals surface area contributed by atoms with E-state index in [4.69, 9.17) is 4.74 Å². The number of thiophene rings is 1. The fourth-order valence-electron chi connectivity index (χ4n) is 3.25. The highest BCUT2D eigenvalue weighted by atomic mass is 32.1. The van der Waals surface area contributed by atoms with Crippen molar-refractivity contribution in [2.45, 2.75) is 24.9 Å². The van der Waals surface area contributed by atoms with Crippen molar-refractivity contribution in [1.29, 1.82) is 0 Å². The Morgan fingerprint density at radius 3 is 2.68 bits per heavy atom. The Kier molecular flexibility index (Phi) is 4.75. The van der Waals surface area contributed by atoms with Crippen LogP contribution in [0, 0.1) is 0 Å². The Balaban J connectivity index is 1.71. The van der Waals surface area contributed by atoms with E-state index in [1.165, 1.54) is 16.2 Å². The summed E-state index contributed by atoms with van der Waals surface area (Å²) in [5, 5.41) is 13.1. The smallest absolute Gasteiger partial charge is 0.326 e. The van der Waals surface area contributed by atoms with E-state index in [2.05, 4.69) is 4.90 Å². The number of rotatable bonds is 3. The summed E-state index contributed by atoms with van der Waals surface area (Å²) in [6.45, 7) is 3.58. The van der Waals surface area contributed by atoms with Gasteiger partial charge in [-0.3, -0.25) is 9.69 Å². The first kappa shape index (κ1) is 15.5. The van der Waals surface area contributed by atoms with Crippen LogP contribution in [0.25, 0.3) is 0 Å². The van der Waals surface area contributed by atoms with Crippen molar-refractivity contribution in [3.05, 3.63) is 22.4 Å². The zero-order valence-electron chi connectivity index (χ0n) is 12.3. The summed E-state index contributed by atoms with van der Waals surface area (Å²) in [7, 11) is 0. The SMILES string of the molecule is O=C(O)[C@@H]1C[C@H](N2CCOCC2)CCN1C(=O)c1ccsc1. The molecule has 0 spiro atoms. The summed E-state index contributed by atoms with van der Waals surface area (Å²) in [4.78, 5) is 27.9. The number of carbonyl (C=O) groups excluding carboxylic acids is 1. The summed E-state index contributed by atoms with van der Waals surface area (Å²) in [6, 6.07) is 1.23. The lowest BCUT2D eigenvalue weighted by Crippen LogP contribution is -2.56. The van der Waals surface area contributed by atoms with Gasteiger partial charge in [-0.25, -0.2) is 4.79 Å². The number of carbonyl (C=O) groups is 2. The second-order valence-electron chi connectivity index (χ2n) is 5.69. The number of hydrogen-bond donors (Lipinski definition) is 1. The number of carboxylic acid groups (broad SMARTS) is 1. The molecule has 2 fully saturated rings. The third-order valence-corrected chi connectivity index (χ3v) is 5.13. The van der Waals surface area contributed by atoms with Gasteiger partial charge in [-0.1, -0.05) is 0 Å². The summed E-state index contributed by atoms with van der Waals surface area (Å²) < 4.78 is 5.35.